The van der Waals surface area contributed by atoms with Crippen LogP contribution in [0.3, 0.4) is 0 Å². The summed E-state index contributed by atoms with van der Waals surface area (Å²) in [6.07, 6.45) is 2.36. The van der Waals surface area contributed by atoms with E-state index in [2.05, 4.69) is 5.10 Å². The van der Waals surface area contributed by atoms with Gasteiger partial charge < -0.3 is 9.84 Å². The molecule has 4 nitrogen and oxygen atoms in total. The predicted molar refractivity (Wildman–Crippen MR) is 55.3 cm³/mol. The highest BCUT2D eigenvalue weighted by Crippen LogP contribution is 2.10. The van der Waals surface area contributed by atoms with Crippen LogP contribution in [-0.2, 0) is 0 Å². The summed E-state index contributed by atoms with van der Waals surface area (Å²) in [5, 5.41) is 14.7. The minimum atomic E-state index is -0.0558. The molecule has 1 aliphatic rings. The lowest BCUT2D eigenvalue weighted by atomic mass is 10.2. The summed E-state index contributed by atoms with van der Waals surface area (Å²) < 4.78 is 6.72. The Morgan fingerprint density at radius 1 is 1.40 bits per heavy atom. The molecule has 2 rings (SSSR count). The van der Waals surface area contributed by atoms with E-state index in [0.29, 0.717) is 13.0 Å². The third-order valence-electron chi connectivity index (χ3n) is 2.21. The smallest absolute Gasteiger partial charge is 0.203 e. The van der Waals surface area contributed by atoms with Gasteiger partial charge in [-0.15, -0.1) is 0 Å². The standard InChI is InChI=1S/C11H12N2O2/c1-15-10-4-2-9(3-5-10)8-13-7-6-11(14)12-13/h2-5,8H,6-7H2,1H3/b13-8+. The summed E-state index contributed by atoms with van der Waals surface area (Å²) in [6, 6.07) is 7.61. The fourth-order valence-corrected chi connectivity index (χ4v) is 1.41. The van der Waals surface area contributed by atoms with E-state index in [0.717, 1.165) is 11.3 Å². The fraction of sp³-hybridized carbons (Fsp3) is 0.273. The Balaban J connectivity index is 2.17. The number of hydrazone groups is 1. The molecule has 0 unspecified atom stereocenters. The van der Waals surface area contributed by atoms with Crippen LogP contribution in [0.15, 0.2) is 29.4 Å². The predicted octanol–water partition coefficient (Wildman–Crippen LogP) is 0.204. The number of benzene rings is 1. The first-order valence-corrected chi connectivity index (χ1v) is 4.78. The van der Waals surface area contributed by atoms with Crippen LogP contribution >= 0.6 is 0 Å². The first-order valence-electron chi connectivity index (χ1n) is 4.78. The zero-order chi connectivity index (χ0) is 10.7. The van der Waals surface area contributed by atoms with Gasteiger partial charge in [-0.3, -0.25) is 0 Å². The maximum Gasteiger partial charge on any atom is 0.203 e. The molecule has 0 fully saturated rings. The second-order valence-corrected chi connectivity index (χ2v) is 3.31. The molecule has 0 aromatic heterocycles. The zero-order valence-electron chi connectivity index (χ0n) is 8.51. The van der Waals surface area contributed by atoms with E-state index in [1.807, 2.05) is 30.5 Å². The highest BCUT2D eigenvalue weighted by atomic mass is 16.5. The fourth-order valence-electron chi connectivity index (χ4n) is 1.41. The molecule has 1 heterocycles. The number of methoxy groups -OCH3 is 1. The van der Waals surface area contributed by atoms with E-state index < -0.39 is 0 Å². The minimum Gasteiger partial charge on any atom is -0.857 e. The van der Waals surface area contributed by atoms with Crippen LogP contribution in [0.5, 0.6) is 5.75 Å². The van der Waals surface area contributed by atoms with Gasteiger partial charge in [0.05, 0.1) is 7.11 Å². The average Bonchev–Trinajstić information content (AvgIpc) is 2.65. The molecule has 0 saturated carbocycles. The van der Waals surface area contributed by atoms with Gasteiger partial charge in [-0.1, -0.05) is 4.68 Å². The monoisotopic (exact) mass is 204 g/mol. The van der Waals surface area contributed by atoms with E-state index in [-0.39, 0.29) is 5.90 Å². The van der Waals surface area contributed by atoms with E-state index in [4.69, 9.17) is 4.74 Å². The Morgan fingerprint density at radius 3 is 2.67 bits per heavy atom. The van der Waals surface area contributed by atoms with Gasteiger partial charge in [-0.25, -0.2) is 0 Å². The van der Waals surface area contributed by atoms with Crippen molar-refractivity contribution in [1.82, 2.24) is 0 Å². The number of hydrogen-bond donors (Lipinski definition) is 0. The zero-order valence-corrected chi connectivity index (χ0v) is 8.51. The third-order valence-corrected chi connectivity index (χ3v) is 2.21. The van der Waals surface area contributed by atoms with Crippen molar-refractivity contribution >= 4 is 12.1 Å². The quantitative estimate of drug-likeness (QED) is 0.646. The van der Waals surface area contributed by atoms with Crippen LogP contribution in [0.2, 0.25) is 0 Å². The molecule has 0 bridgehead atoms. The lowest BCUT2D eigenvalue weighted by molar-refractivity contribution is -0.519. The first kappa shape index (κ1) is 9.71. The molecule has 0 atom stereocenters. The van der Waals surface area contributed by atoms with Crippen molar-refractivity contribution in [3.63, 3.8) is 0 Å². The van der Waals surface area contributed by atoms with E-state index in [9.17, 15) is 5.11 Å². The Bertz CT molecular complexity index is 407. The minimum absolute atomic E-state index is 0.0558. The molecule has 78 valence electrons. The van der Waals surface area contributed by atoms with Crippen molar-refractivity contribution in [3.8, 4) is 5.75 Å². The molecular formula is C11H12N2O2. The van der Waals surface area contributed by atoms with Gasteiger partial charge in [0.25, 0.3) is 0 Å². The van der Waals surface area contributed by atoms with Crippen molar-refractivity contribution < 1.29 is 14.5 Å². The van der Waals surface area contributed by atoms with Gasteiger partial charge in [0.1, 0.15) is 5.75 Å². The highest BCUT2D eigenvalue weighted by Gasteiger charge is 2.10. The third kappa shape index (κ3) is 2.34. The second-order valence-electron chi connectivity index (χ2n) is 3.31. The summed E-state index contributed by atoms with van der Waals surface area (Å²) >= 11 is 0. The van der Waals surface area contributed by atoms with Gasteiger partial charge >= 0.3 is 0 Å². The number of hydrogen-bond acceptors (Lipinski definition) is 3. The van der Waals surface area contributed by atoms with Crippen LogP contribution in [0.25, 0.3) is 0 Å². The molecular weight excluding hydrogens is 192 g/mol. The lowest BCUT2D eigenvalue weighted by Crippen LogP contribution is -2.13. The Kier molecular flexibility index (Phi) is 2.67. The van der Waals surface area contributed by atoms with Gasteiger partial charge in [0, 0.05) is 17.9 Å². The van der Waals surface area contributed by atoms with Gasteiger partial charge in [0.2, 0.25) is 6.21 Å². The Labute approximate surface area is 88.1 Å². The van der Waals surface area contributed by atoms with Crippen LogP contribution in [0.1, 0.15) is 12.0 Å². The highest BCUT2D eigenvalue weighted by molar-refractivity contribution is 5.77. The topological polar surface area (TPSA) is 47.7 Å². The first-order chi connectivity index (χ1) is 7.28. The van der Waals surface area contributed by atoms with Crippen molar-refractivity contribution in [2.75, 3.05) is 13.7 Å². The molecule has 0 aliphatic carbocycles. The molecule has 0 spiro atoms. The summed E-state index contributed by atoms with van der Waals surface area (Å²) in [4.78, 5) is 0. The van der Waals surface area contributed by atoms with E-state index in [1.165, 1.54) is 0 Å². The molecule has 0 N–H and O–H groups in total. The molecule has 15 heavy (non-hydrogen) atoms. The molecule has 1 aromatic rings. The van der Waals surface area contributed by atoms with Gasteiger partial charge in [-0.2, -0.15) is 0 Å². The van der Waals surface area contributed by atoms with E-state index in [1.54, 1.807) is 11.8 Å². The Hall–Kier alpha value is -1.84. The van der Waals surface area contributed by atoms with Crippen molar-refractivity contribution in [1.29, 1.82) is 0 Å². The van der Waals surface area contributed by atoms with Crippen LogP contribution < -0.4 is 9.84 Å². The second kappa shape index (κ2) is 4.13. The maximum atomic E-state index is 10.9. The van der Waals surface area contributed by atoms with E-state index >= 15 is 0 Å². The van der Waals surface area contributed by atoms with Crippen molar-refractivity contribution in [3.05, 3.63) is 29.8 Å². The summed E-state index contributed by atoms with van der Waals surface area (Å²) in [5.74, 6) is 0.765. The maximum absolute atomic E-state index is 10.9. The normalized spacial score (nSPS) is 17.9. The van der Waals surface area contributed by atoms with Crippen LogP contribution in [0.4, 0.5) is 0 Å². The molecule has 1 aromatic carbocycles. The van der Waals surface area contributed by atoms with Gasteiger partial charge in [0.15, 0.2) is 6.54 Å². The van der Waals surface area contributed by atoms with Crippen molar-refractivity contribution in [2.45, 2.75) is 6.42 Å². The number of ether oxygens (including phenoxy) is 1. The molecule has 0 radical (unpaired) electrons. The molecule has 0 saturated heterocycles. The SMILES string of the molecule is COc1ccc(/C=[N+]2\CCC([O-])=N2)cc1. The molecule has 1 aliphatic heterocycles. The summed E-state index contributed by atoms with van der Waals surface area (Å²) in [6.45, 7) is 0.671. The largest absolute Gasteiger partial charge is 0.857 e. The number of nitrogens with zero attached hydrogens (tertiary/aromatic N) is 2. The molecule has 4 heteroatoms. The van der Waals surface area contributed by atoms with Crippen molar-refractivity contribution in [2.24, 2.45) is 5.10 Å². The average molecular weight is 204 g/mol. The lowest BCUT2D eigenvalue weighted by Gasteiger charge is -1.97. The van der Waals surface area contributed by atoms with Gasteiger partial charge in [-0.05, 0) is 29.4 Å². The molecule has 0 amide bonds. The van der Waals surface area contributed by atoms with Crippen LogP contribution in [0, 0.1) is 0 Å². The summed E-state index contributed by atoms with van der Waals surface area (Å²) in [5.41, 5.74) is 1.01. The number of rotatable bonds is 2. The van der Waals surface area contributed by atoms with Crippen LogP contribution in [-0.4, -0.2) is 30.5 Å². The summed E-state index contributed by atoms with van der Waals surface area (Å²) in [7, 11) is 1.63. The Morgan fingerprint density at radius 2 is 2.13 bits per heavy atom.